The van der Waals surface area contributed by atoms with Gasteiger partial charge in [0.1, 0.15) is 5.75 Å². The number of anilines is 1. The molecule has 0 unspecified atom stereocenters. The number of halogens is 1. The molecule has 6 heteroatoms. The first kappa shape index (κ1) is 18.8. The predicted octanol–water partition coefficient (Wildman–Crippen LogP) is 3.40. The fraction of sp³-hybridized carbons (Fsp3) is 0.263. The van der Waals surface area contributed by atoms with E-state index in [1.807, 2.05) is 32.9 Å². The minimum absolute atomic E-state index is 0.121. The Labute approximate surface area is 152 Å². The minimum atomic E-state index is -0.382. The molecule has 0 bridgehead atoms. The van der Waals surface area contributed by atoms with E-state index >= 15 is 0 Å². The number of aryl methyl sites for hydroxylation is 3. The molecule has 5 nitrogen and oxygen atoms in total. The van der Waals surface area contributed by atoms with Gasteiger partial charge in [0.15, 0.2) is 6.61 Å². The average Bonchev–Trinajstić information content (AvgIpc) is 2.54. The summed E-state index contributed by atoms with van der Waals surface area (Å²) in [7, 11) is 0. The summed E-state index contributed by atoms with van der Waals surface area (Å²) >= 11 is 5.84. The lowest BCUT2D eigenvalue weighted by Gasteiger charge is -2.13. The first-order valence-corrected chi connectivity index (χ1v) is 8.25. The topological polar surface area (TPSA) is 67.4 Å². The van der Waals surface area contributed by atoms with Crippen LogP contribution in [-0.4, -0.2) is 25.0 Å². The van der Waals surface area contributed by atoms with Gasteiger partial charge < -0.3 is 15.4 Å². The van der Waals surface area contributed by atoms with Crippen LogP contribution in [0.5, 0.6) is 5.75 Å². The van der Waals surface area contributed by atoms with Crippen molar-refractivity contribution in [3.05, 3.63) is 58.1 Å². The molecule has 2 rings (SSSR count). The van der Waals surface area contributed by atoms with Gasteiger partial charge in [0, 0.05) is 10.7 Å². The van der Waals surface area contributed by atoms with Crippen LogP contribution in [0.25, 0.3) is 0 Å². The van der Waals surface area contributed by atoms with Crippen LogP contribution in [-0.2, 0) is 9.59 Å². The summed E-state index contributed by atoms with van der Waals surface area (Å²) < 4.78 is 5.32. The fourth-order valence-corrected chi connectivity index (χ4v) is 2.68. The fourth-order valence-electron chi connectivity index (χ4n) is 2.50. The highest BCUT2D eigenvalue weighted by Crippen LogP contribution is 2.21. The first-order valence-electron chi connectivity index (χ1n) is 7.88. The van der Waals surface area contributed by atoms with Gasteiger partial charge in [-0.3, -0.25) is 9.59 Å². The summed E-state index contributed by atoms with van der Waals surface area (Å²) in [6.45, 7) is 5.58. The van der Waals surface area contributed by atoms with Crippen molar-refractivity contribution in [3.63, 3.8) is 0 Å². The Kier molecular flexibility index (Phi) is 6.42. The van der Waals surface area contributed by atoms with Crippen molar-refractivity contribution in [3.8, 4) is 5.75 Å². The Hall–Kier alpha value is -2.53. The quantitative estimate of drug-likeness (QED) is 0.829. The van der Waals surface area contributed by atoms with E-state index in [0.717, 1.165) is 22.4 Å². The maximum atomic E-state index is 12.0. The third-order valence-electron chi connectivity index (χ3n) is 3.55. The summed E-state index contributed by atoms with van der Waals surface area (Å²) in [5.74, 6) is -0.170. The monoisotopic (exact) mass is 360 g/mol. The van der Waals surface area contributed by atoms with Crippen molar-refractivity contribution in [1.82, 2.24) is 5.32 Å². The maximum absolute atomic E-state index is 12.0. The first-order chi connectivity index (χ1) is 11.8. The number of carbonyl (C=O) groups excluding carboxylic acids is 2. The second-order valence-electron chi connectivity index (χ2n) is 5.84. The van der Waals surface area contributed by atoms with E-state index in [9.17, 15) is 9.59 Å². The average molecular weight is 361 g/mol. The molecule has 2 aromatic rings. The zero-order valence-corrected chi connectivity index (χ0v) is 15.2. The lowest BCUT2D eigenvalue weighted by atomic mass is 10.1. The molecule has 0 atom stereocenters. The van der Waals surface area contributed by atoms with Gasteiger partial charge in [0.05, 0.1) is 6.54 Å². The Balaban J connectivity index is 1.81. The zero-order chi connectivity index (χ0) is 18.4. The number of hydrogen-bond acceptors (Lipinski definition) is 3. The lowest BCUT2D eigenvalue weighted by molar-refractivity contribution is -0.125. The highest BCUT2D eigenvalue weighted by molar-refractivity contribution is 6.30. The van der Waals surface area contributed by atoms with Gasteiger partial charge in [-0.1, -0.05) is 35.4 Å². The smallest absolute Gasteiger partial charge is 0.258 e. The second kappa shape index (κ2) is 8.53. The number of ether oxygens (including phenoxy) is 1. The molecule has 0 spiro atoms. The number of amides is 2. The van der Waals surface area contributed by atoms with E-state index in [0.29, 0.717) is 10.8 Å². The van der Waals surface area contributed by atoms with Crippen LogP contribution < -0.4 is 15.4 Å². The van der Waals surface area contributed by atoms with Crippen molar-refractivity contribution in [1.29, 1.82) is 0 Å². The Morgan fingerprint density at radius 2 is 1.72 bits per heavy atom. The standard InChI is InChI=1S/C19H21ClN2O3/c1-12-7-13(2)19(14(3)8-12)22-17(23)10-21-18(24)11-25-16-6-4-5-15(20)9-16/h4-9H,10-11H2,1-3H3,(H,21,24)(H,22,23). The molecule has 0 saturated heterocycles. The normalized spacial score (nSPS) is 10.2. The number of benzene rings is 2. The lowest BCUT2D eigenvalue weighted by Crippen LogP contribution is -2.36. The largest absolute Gasteiger partial charge is 0.484 e. The molecule has 0 aliphatic rings. The van der Waals surface area contributed by atoms with Gasteiger partial charge in [-0.05, 0) is 50.1 Å². The van der Waals surface area contributed by atoms with Crippen molar-refractivity contribution in [2.75, 3.05) is 18.5 Å². The van der Waals surface area contributed by atoms with Crippen LogP contribution in [0, 0.1) is 20.8 Å². The van der Waals surface area contributed by atoms with Gasteiger partial charge in [-0.2, -0.15) is 0 Å². The van der Waals surface area contributed by atoms with Crippen molar-refractivity contribution >= 4 is 29.1 Å². The van der Waals surface area contributed by atoms with Crippen molar-refractivity contribution < 1.29 is 14.3 Å². The number of rotatable bonds is 6. The molecule has 132 valence electrons. The van der Waals surface area contributed by atoms with Crippen LogP contribution in [0.2, 0.25) is 5.02 Å². The highest BCUT2D eigenvalue weighted by Gasteiger charge is 2.10. The molecular formula is C19H21ClN2O3. The maximum Gasteiger partial charge on any atom is 0.258 e. The Morgan fingerprint density at radius 3 is 2.36 bits per heavy atom. The highest BCUT2D eigenvalue weighted by atomic mass is 35.5. The molecule has 0 aromatic heterocycles. The number of carbonyl (C=O) groups is 2. The molecule has 2 N–H and O–H groups in total. The Morgan fingerprint density at radius 1 is 1.04 bits per heavy atom. The van der Waals surface area contributed by atoms with E-state index in [1.54, 1.807) is 24.3 Å². The van der Waals surface area contributed by atoms with Gasteiger partial charge in [-0.25, -0.2) is 0 Å². The number of hydrogen-bond donors (Lipinski definition) is 2. The van der Waals surface area contributed by atoms with E-state index in [1.165, 1.54) is 0 Å². The van der Waals surface area contributed by atoms with E-state index in [4.69, 9.17) is 16.3 Å². The SMILES string of the molecule is Cc1cc(C)c(NC(=O)CNC(=O)COc2cccc(Cl)c2)c(C)c1. The summed E-state index contributed by atoms with van der Waals surface area (Å²) in [5.41, 5.74) is 3.89. The molecule has 0 heterocycles. The number of nitrogens with one attached hydrogen (secondary N) is 2. The molecule has 0 saturated carbocycles. The molecule has 0 radical (unpaired) electrons. The van der Waals surface area contributed by atoms with Crippen LogP contribution in [0.15, 0.2) is 36.4 Å². The third-order valence-corrected chi connectivity index (χ3v) is 3.79. The van der Waals surface area contributed by atoms with E-state index in [-0.39, 0.29) is 25.0 Å². The molecule has 2 amide bonds. The Bertz CT molecular complexity index is 767. The zero-order valence-electron chi connectivity index (χ0n) is 14.5. The molecule has 0 aliphatic carbocycles. The van der Waals surface area contributed by atoms with Crippen LogP contribution >= 0.6 is 11.6 Å². The van der Waals surface area contributed by atoms with Gasteiger partial charge in [0.2, 0.25) is 5.91 Å². The molecule has 25 heavy (non-hydrogen) atoms. The van der Waals surface area contributed by atoms with E-state index in [2.05, 4.69) is 10.6 Å². The third kappa shape index (κ3) is 5.80. The molecule has 0 aliphatic heterocycles. The van der Waals surface area contributed by atoms with Crippen molar-refractivity contribution in [2.45, 2.75) is 20.8 Å². The van der Waals surface area contributed by atoms with Crippen LogP contribution in [0.4, 0.5) is 5.69 Å². The van der Waals surface area contributed by atoms with Gasteiger partial charge in [0.25, 0.3) is 5.91 Å². The summed E-state index contributed by atoms with van der Waals surface area (Å²) in [6, 6.07) is 10.8. The van der Waals surface area contributed by atoms with Crippen molar-refractivity contribution in [2.24, 2.45) is 0 Å². The molecule has 2 aromatic carbocycles. The summed E-state index contributed by atoms with van der Waals surface area (Å²) in [5, 5.41) is 5.89. The summed E-state index contributed by atoms with van der Waals surface area (Å²) in [6.07, 6.45) is 0. The minimum Gasteiger partial charge on any atom is -0.484 e. The van der Waals surface area contributed by atoms with Crippen LogP contribution in [0.1, 0.15) is 16.7 Å². The summed E-state index contributed by atoms with van der Waals surface area (Å²) in [4.78, 5) is 23.8. The van der Waals surface area contributed by atoms with Crippen LogP contribution in [0.3, 0.4) is 0 Å². The molecular weight excluding hydrogens is 340 g/mol. The van der Waals surface area contributed by atoms with E-state index < -0.39 is 0 Å². The van der Waals surface area contributed by atoms with Gasteiger partial charge >= 0.3 is 0 Å². The van der Waals surface area contributed by atoms with Gasteiger partial charge in [-0.15, -0.1) is 0 Å². The molecule has 0 fully saturated rings. The predicted molar refractivity (Wildman–Crippen MR) is 99.2 cm³/mol. The second-order valence-corrected chi connectivity index (χ2v) is 6.28.